The molecule has 0 saturated carbocycles. The molecular weight excluding hydrogens is 634 g/mol. The van der Waals surface area contributed by atoms with Crippen LogP contribution in [0.5, 0.6) is 0 Å². The molecule has 0 radical (unpaired) electrons. The van der Waals surface area contributed by atoms with E-state index >= 15 is 0 Å². The Morgan fingerprint density at radius 3 is 1.74 bits per heavy atom. The van der Waals surface area contributed by atoms with Crippen molar-refractivity contribution in [2.45, 2.75) is 192 Å². The van der Waals surface area contributed by atoms with Gasteiger partial charge in [0.1, 0.15) is 24.4 Å². The van der Waals surface area contributed by atoms with Gasteiger partial charge in [-0.15, -0.1) is 0 Å². The lowest BCUT2D eigenvalue weighted by Gasteiger charge is -2.40. The Hall–Kier alpha value is -1.85. The van der Waals surface area contributed by atoms with Gasteiger partial charge in [-0.2, -0.15) is 0 Å². The number of ether oxygens (including phenoxy) is 2. The van der Waals surface area contributed by atoms with Crippen molar-refractivity contribution in [1.82, 2.24) is 5.32 Å². The molecule has 1 saturated heterocycles. The molecule has 0 aromatic heterocycles. The molecular formula is C41H73NO8. The number of carbonyl (C=O) groups is 1. The average Bonchev–Trinajstić information content (AvgIpc) is 3.11. The second-order valence-corrected chi connectivity index (χ2v) is 13.7. The quantitative estimate of drug-likeness (QED) is 0.0330. The van der Waals surface area contributed by atoms with Gasteiger partial charge in [-0.3, -0.25) is 4.79 Å². The molecule has 0 aliphatic carbocycles. The van der Waals surface area contributed by atoms with Gasteiger partial charge in [-0.1, -0.05) is 127 Å². The fourth-order valence-corrected chi connectivity index (χ4v) is 5.81. The molecule has 290 valence electrons. The highest BCUT2D eigenvalue weighted by atomic mass is 16.7. The van der Waals surface area contributed by atoms with Crippen molar-refractivity contribution in [2.75, 3.05) is 13.2 Å². The van der Waals surface area contributed by atoms with Crippen molar-refractivity contribution in [3.8, 4) is 0 Å². The van der Waals surface area contributed by atoms with Gasteiger partial charge in [0.05, 0.1) is 25.4 Å². The Morgan fingerprint density at radius 2 is 1.16 bits per heavy atom. The molecule has 0 bridgehead atoms. The number of hydrogen-bond acceptors (Lipinski definition) is 8. The van der Waals surface area contributed by atoms with Gasteiger partial charge in [-0.05, 0) is 64.2 Å². The van der Waals surface area contributed by atoms with Crippen LogP contribution < -0.4 is 5.32 Å². The minimum atomic E-state index is -1.57. The molecule has 1 aliphatic heterocycles. The summed E-state index contributed by atoms with van der Waals surface area (Å²) in [6.07, 6.45) is 31.6. The summed E-state index contributed by atoms with van der Waals surface area (Å²) in [6, 6.07) is -0.831. The van der Waals surface area contributed by atoms with Crippen LogP contribution in [0.25, 0.3) is 0 Å². The van der Waals surface area contributed by atoms with Crippen molar-refractivity contribution in [3.05, 3.63) is 48.6 Å². The lowest BCUT2D eigenvalue weighted by atomic mass is 9.99. The predicted octanol–water partition coefficient (Wildman–Crippen LogP) is 7.11. The maximum Gasteiger partial charge on any atom is 0.220 e. The number of aliphatic hydroxyl groups is 5. The van der Waals surface area contributed by atoms with E-state index in [1.807, 2.05) is 6.08 Å². The highest BCUT2D eigenvalue weighted by molar-refractivity contribution is 5.76. The summed E-state index contributed by atoms with van der Waals surface area (Å²) in [5.41, 5.74) is 0. The molecule has 9 heteroatoms. The third kappa shape index (κ3) is 22.9. The molecule has 1 rings (SSSR count). The Balaban J connectivity index is 2.49. The zero-order chi connectivity index (χ0) is 36.7. The summed E-state index contributed by atoms with van der Waals surface area (Å²) in [5.74, 6) is -0.210. The number of rotatable bonds is 31. The van der Waals surface area contributed by atoms with Crippen molar-refractivity contribution in [3.63, 3.8) is 0 Å². The predicted molar refractivity (Wildman–Crippen MR) is 203 cm³/mol. The fraction of sp³-hybridized carbons (Fsp3) is 0.780. The van der Waals surface area contributed by atoms with E-state index < -0.39 is 49.5 Å². The van der Waals surface area contributed by atoms with Crippen LogP contribution in [0.2, 0.25) is 0 Å². The molecule has 1 fully saturated rings. The first-order chi connectivity index (χ1) is 24.3. The smallest absolute Gasteiger partial charge is 0.220 e. The topological polar surface area (TPSA) is 149 Å². The minimum Gasteiger partial charge on any atom is -0.394 e. The highest BCUT2D eigenvalue weighted by Gasteiger charge is 2.44. The molecule has 0 aromatic carbocycles. The van der Waals surface area contributed by atoms with Crippen molar-refractivity contribution < 1.29 is 39.8 Å². The average molecular weight is 708 g/mol. The zero-order valence-electron chi connectivity index (χ0n) is 31.4. The summed E-state index contributed by atoms with van der Waals surface area (Å²) in [7, 11) is 0. The van der Waals surface area contributed by atoms with Crippen molar-refractivity contribution >= 4 is 5.91 Å². The summed E-state index contributed by atoms with van der Waals surface area (Å²) >= 11 is 0. The lowest BCUT2D eigenvalue weighted by Crippen LogP contribution is -2.60. The zero-order valence-corrected chi connectivity index (χ0v) is 31.4. The molecule has 50 heavy (non-hydrogen) atoms. The van der Waals surface area contributed by atoms with E-state index in [-0.39, 0.29) is 12.5 Å². The first kappa shape index (κ1) is 46.2. The highest BCUT2D eigenvalue weighted by Crippen LogP contribution is 2.22. The number of carbonyl (C=O) groups excluding carboxylic acids is 1. The van der Waals surface area contributed by atoms with Gasteiger partial charge < -0.3 is 40.3 Å². The van der Waals surface area contributed by atoms with Crippen LogP contribution in [0.15, 0.2) is 48.6 Å². The first-order valence-electron chi connectivity index (χ1n) is 19.9. The molecule has 7 atom stereocenters. The van der Waals surface area contributed by atoms with E-state index in [0.29, 0.717) is 6.42 Å². The van der Waals surface area contributed by atoms with E-state index in [4.69, 9.17) is 9.47 Å². The van der Waals surface area contributed by atoms with Gasteiger partial charge in [-0.25, -0.2) is 0 Å². The maximum atomic E-state index is 12.8. The number of allylic oxidation sites excluding steroid dienone is 7. The van der Waals surface area contributed by atoms with E-state index in [0.717, 1.165) is 70.6 Å². The lowest BCUT2D eigenvalue weighted by molar-refractivity contribution is -0.302. The second kappa shape index (κ2) is 31.9. The second-order valence-electron chi connectivity index (χ2n) is 13.7. The SMILES string of the molecule is CCCC/C=C\CCCCCCC(=O)NC(COC1OC(CO)C(O)C(O)C1O)C(O)/C=C/CC/C=C/CC/C=C/CCCCCCCCC. The third-order valence-corrected chi connectivity index (χ3v) is 9.10. The molecule has 1 heterocycles. The Kier molecular flexibility index (Phi) is 29.4. The molecule has 7 unspecified atom stereocenters. The standard InChI is InChI=1S/C41H73NO8/c1-3-5-7-9-11-13-15-16-17-18-19-20-21-22-24-26-28-30-35(44)34(33-49-41-40(48)39(47)38(46)36(32-43)50-41)42-37(45)31-29-27-25-23-14-12-10-8-6-4-2/h10,12,17-18,21-22,28,30,34-36,38-41,43-44,46-48H,3-9,11,13-16,19-20,23-27,29,31-33H2,1-2H3,(H,42,45)/b12-10-,18-17+,22-21+,30-28+. The molecule has 6 N–H and O–H groups in total. The molecule has 1 amide bonds. The molecule has 0 aromatic rings. The van der Waals surface area contributed by atoms with E-state index in [1.54, 1.807) is 6.08 Å². The maximum absolute atomic E-state index is 12.8. The Morgan fingerprint density at radius 1 is 0.660 bits per heavy atom. The summed E-state index contributed by atoms with van der Waals surface area (Å²) < 4.78 is 11.1. The van der Waals surface area contributed by atoms with Crippen LogP contribution in [0.1, 0.15) is 149 Å². The van der Waals surface area contributed by atoms with Gasteiger partial charge >= 0.3 is 0 Å². The number of aliphatic hydroxyl groups excluding tert-OH is 5. The molecule has 1 aliphatic rings. The van der Waals surface area contributed by atoms with Gasteiger partial charge in [0.25, 0.3) is 0 Å². The van der Waals surface area contributed by atoms with Crippen LogP contribution >= 0.6 is 0 Å². The van der Waals surface area contributed by atoms with E-state index in [2.05, 4.69) is 55.6 Å². The number of unbranched alkanes of at least 4 members (excludes halogenated alkanes) is 15. The van der Waals surface area contributed by atoms with Gasteiger partial charge in [0, 0.05) is 6.42 Å². The van der Waals surface area contributed by atoms with Crippen LogP contribution in [0, 0.1) is 0 Å². The third-order valence-electron chi connectivity index (χ3n) is 9.10. The summed E-state index contributed by atoms with van der Waals surface area (Å²) in [6.45, 7) is 3.66. The fourth-order valence-electron chi connectivity index (χ4n) is 5.81. The summed E-state index contributed by atoms with van der Waals surface area (Å²) in [5, 5.41) is 53.8. The minimum absolute atomic E-state index is 0.210. The van der Waals surface area contributed by atoms with Crippen LogP contribution in [0.4, 0.5) is 0 Å². The van der Waals surface area contributed by atoms with Crippen molar-refractivity contribution in [1.29, 1.82) is 0 Å². The van der Waals surface area contributed by atoms with Gasteiger partial charge in [0.15, 0.2) is 6.29 Å². The normalized spacial score (nSPS) is 22.7. The number of hydrogen-bond donors (Lipinski definition) is 6. The largest absolute Gasteiger partial charge is 0.394 e. The Labute approximate surface area is 303 Å². The van der Waals surface area contributed by atoms with Crippen molar-refractivity contribution in [2.24, 2.45) is 0 Å². The molecule has 0 spiro atoms. The van der Waals surface area contributed by atoms with Crippen LogP contribution in [-0.4, -0.2) is 87.5 Å². The van der Waals surface area contributed by atoms with E-state index in [1.165, 1.54) is 57.8 Å². The summed E-state index contributed by atoms with van der Waals surface area (Å²) in [4.78, 5) is 12.8. The first-order valence-corrected chi connectivity index (χ1v) is 19.9. The van der Waals surface area contributed by atoms with Crippen LogP contribution in [0.3, 0.4) is 0 Å². The molecule has 9 nitrogen and oxygen atoms in total. The number of amides is 1. The number of nitrogens with one attached hydrogen (secondary N) is 1. The Bertz CT molecular complexity index is 920. The monoisotopic (exact) mass is 708 g/mol. The van der Waals surface area contributed by atoms with Crippen LogP contribution in [-0.2, 0) is 14.3 Å². The van der Waals surface area contributed by atoms with E-state index in [9.17, 15) is 30.3 Å². The van der Waals surface area contributed by atoms with Gasteiger partial charge in [0.2, 0.25) is 5.91 Å².